The molecule has 0 unspecified atom stereocenters. The second kappa shape index (κ2) is 7.59. The number of rotatable bonds is 6. The molecule has 0 saturated heterocycles. The molecule has 0 spiro atoms. The third-order valence-corrected chi connectivity index (χ3v) is 5.20. The number of thiazole rings is 1. The monoisotopic (exact) mass is 417 g/mol. The fraction of sp³-hybridized carbons (Fsp3) is 0.100. The summed E-state index contributed by atoms with van der Waals surface area (Å²) in [7, 11) is 1.31. The number of carbonyl (C=O) groups excluding carboxylic acids is 1. The van der Waals surface area contributed by atoms with Gasteiger partial charge < -0.3 is 14.8 Å². The van der Waals surface area contributed by atoms with Crippen molar-refractivity contribution in [3.8, 4) is 17.0 Å². The molecule has 0 bridgehead atoms. The molecular formula is C20H14F3N3O2S. The molecular weight excluding hydrogens is 403 g/mol. The molecule has 2 aromatic heterocycles. The highest BCUT2D eigenvalue weighted by molar-refractivity contribution is 7.15. The van der Waals surface area contributed by atoms with Crippen molar-refractivity contribution in [2.75, 3.05) is 12.4 Å². The van der Waals surface area contributed by atoms with E-state index in [4.69, 9.17) is 4.74 Å². The van der Waals surface area contributed by atoms with Crippen molar-refractivity contribution in [1.29, 1.82) is 0 Å². The van der Waals surface area contributed by atoms with Gasteiger partial charge in [-0.1, -0.05) is 0 Å². The Labute approximate surface area is 167 Å². The van der Waals surface area contributed by atoms with Crippen molar-refractivity contribution in [3.63, 3.8) is 0 Å². The summed E-state index contributed by atoms with van der Waals surface area (Å²) in [5.74, 6) is -1.79. The highest BCUT2D eigenvalue weighted by Crippen LogP contribution is 2.38. The lowest BCUT2D eigenvalue weighted by Crippen LogP contribution is -2.02. The predicted molar refractivity (Wildman–Crippen MR) is 104 cm³/mol. The van der Waals surface area contributed by atoms with E-state index in [1.807, 2.05) is 0 Å². The summed E-state index contributed by atoms with van der Waals surface area (Å²) in [4.78, 5) is 15.9. The summed E-state index contributed by atoms with van der Waals surface area (Å²) >= 11 is 1.24. The lowest BCUT2D eigenvalue weighted by atomic mass is 10.1. The maximum atomic E-state index is 14.7. The van der Waals surface area contributed by atoms with E-state index in [-0.39, 0.29) is 29.2 Å². The molecule has 0 aliphatic heterocycles. The Bertz CT molecular complexity index is 1180. The van der Waals surface area contributed by atoms with Crippen molar-refractivity contribution in [3.05, 3.63) is 64.9 Å². The first kappa shape index (κ1) is 19.0. The number of ether oxygens (including phenoxy) is 1. The summed E-state index contributed by atoms with van der Waals surface area (Å²) in [6.07, 6.45) is 0.832. The highest BCUT2D eigenvalue weighted by Gasteiger charge is 2.24. The van der Waals surface area contributed by atoms with Gasteiger partial charge in [-0.05, 0) is 24.3 Å². The zero-order valence-electron chi connectivity index (χ0n) is 15.1. The number of benzene rings is 2. The average molecular weight is 417 g/mol. The van der Waals surface area contributed by atoms with Gasteiger partial charge in [0, 0.05) is 35.3 Å². The second-order valence-corrected chi connectivity index (χ2v) is 6.96. The van der Waals surface area contributed by atoms with E-state index in [0.717, 1.165) is 18.4 Å². The van der Waals surface area contributed by atoms with E-state index in [0.29, 0.717) is 16.3 Å². The van der Waals surface area contributed by atoms with Crippen molar-refractivity contribution >= 4 is 34.1 Å². The first-order valence-corrected chi connectivity index (χ1v) is 9.38. The number of halogens is 3. The normalized spacial score (nSPS) is 11.0. The van der Waals surface area contributed by atoms with Crippen molar-refractivity contribution in [1.82, 2.24) is 9.38 Å². The van der Waals surface area contributed by atoms with E-state index < -0.39 is 17.5 Å². The van der Waals surface area contributed by atoms with Crippen LogP contribution in [0.5, 0.6) is 5.75 Å². The number of nitrogens with zero attached hydrogens (tertiary/aromatic N) is 2. The maximum absolute atomic E-state index is 14.7. The molecule has 0 atom stereocenters. The summed E-state index contributed by atoms with van der Waals surface area (Å²) in [5.41, 5.74) is 0.805. The first-order valence-electron chi connectivity index (χ1n) is 8.50. The Hall–Kier alpha value is -3.33. The molecule has 0 radical (unpaired) electrons. The predicted octanol–water partition coefficient (Wildman–Crippen LogP) is 4.97. The molecule has 0 aliphatic carbocycles. The van der Waals surface area contributed by atoms with E-state index in [9.17, 15) is 18.0 Å². The molecule has 4 aromatic rings. The van der Waals surface area contributed by atoms with Crippen LogP contribution >= 0.6 is 11.3 Å². The number of anilines is 2. The van der Waals surface area contributed by atoms with Crippen molar-refractivity contribution in [2.45, 2.75) is 6.42 Å². The van der Waals surface area contributed by atoms with E-state index >= 15 is 0 Å². The van der Waals surface area contributed by atoms with Crippen molar-refractivity contribution in [2.24, 2.45) is 0 Å². The number of carbonyl (C=O) groups is 1. The Morgan fingerprint density at radius 1 is 1.17 bits per heavy atom. The van der Waals surface area contributed by atoms with Crippen LogP contribution in [0.1, 0.15) is 5.69 Å². The fourth-order valence-corrected chi connectivity index (χ4v) is 3.90. The molecule has 0 amide bonds. The lowest BCUT2D eigenvalue weighted by Gasteiger charge is -2.11. The van der Waals surface area contributed by atoms with Gasteiger partial charge in [-0.3, -0.25) is 4.40 Å². The Morgan fingerprint density at radius 3 is 2.48 bits per heavy atom. The number of aromatic nitrogens is 2. The smallest absolute Gasteiger partial charge is 0.196 e. The zero-order valence-corrected chi connectivity index (χ0v) is 15.9. The summed E-state index contributed by atoms with van der Waals surface area (Å²) < 4.78 is 49.3. The average Bonchev–Trinajstić information content (AvgIpc) is 3.24. The van der Waals surface area contributed by atoms with Crippen LogP contribution < -0.4 is 10.1 Å². The minimum atomic E-state index is -0.841. The summed E-state index contributed by atoms with van der Waals surface area (Å²) in [6, 6.07) is 7.64. The quantitative estimate of drug-likeness (QED) is 0.450. The number of hydrogen-bond acceptors (Lipinski definition) is 5. The Balaban J connectivity index is 1.94. The van der Waals surface area contributed by atoms with Gasteiger partial charge in [0.2, 0.25) is 0 Å². The maximum Gasteiger partial charge on any atom is 0.196 e. The zero-order chi connectivity index (χ0) is 20.5. The van der Waals surface area contributed by atoms with Gasteiger partial charge in [0.05, 0.1) is 12.7 Å². The van der Waals surface area contributed by atoms with Crippen molar-refractivity contribution < 1.29 is 22.7 Å². The third kappa shape index (κ3) is 3.44. The molecule has 29 heavy (non-hydrogen) atoms. The van der Waals surface area contributed by atoms with E-state index in [1.165, 1.54) is 42.7 Å². The molecule has 2 aromatic carbocycles. The largest absolute Gasteiger partial charge is 0.497 e. The van der Waals surface area contributed by atoms with Gasteiger partial charge in [0.25, 0.3) is 0 Å². The molecule has 148 valence electrons. The standard InChI is InChI=1S/C20H14F3N3O2S/c1-28-14-8-15(22)17(16(23)9-14)18-19(24-12-4-2-11(21)3-5-12)26-13(6-7-27)10-29-20(26)25-18/h2-5,7-10,24H,6H2,1H3. The third-order valence-electron chi connectivity index (χ3n) is 4.32. The minimum absolute atomic E-state index is 0.0333. The van der Waals surface area contributed by atoms with Gasteiger partial charge in [-0.25, -0.2) is 18.2 Å². The molecule has 9 heteroatoms. The van der Waals surface area contributed by atoms with Crippen LogP contribution in [0.15, 0.2) is 41.8 Å². The first-order chi connectivity index (χ1) is 14.0. The number of imidazole rings is 1. The molecule has 4 rings (SSSR count). The minimum Gasteiger partial charge on any atom is -0.497 e. The fourth-order valence-electron chi connectivity index (χ4n) is 3.00. The number of fused-ring (bicyclic) bond motifs is 1. The van der Waals surface area contributed by atoms with Crippen LogP contribution in [-0.2, 0) is 11.2 Å². The molecule has 5 nitrogen and oxygen atoms in total. The van der Waals surface area contributed by atoms with Gasteiger partial charge in [-0.2, -0.15) is 0 Å². The summed E-state index contributed by atoms with van der Waals surface area (Å²) in [6.45, 7) is 0. The van der Waals surface area contributed by atoms with Crippen LogP contribution in [0.25, 0.3) is 16.2 Å². The van der Waals surface area contributed by atoms with Gasteiger partial charge >= 0.3 is 0 Å². The highest BCUT2D eigenvalue weighted by atomic mass is 32.1. The van der Waals surface area contributed by atoms with Gasteiger partial charge in [-0.15, -0.1) is 11.3 Å². The Kier molecular flexibility index (Phi) is 4.98. The number of hydrogen-bond donors (Lipinski definition) is 1. The number of aldehydes is 1. The SMILES string of the molecule is COc1cc(F)c(-c2nc3scc(CC=O)n3c2Nc2ccc(F)cc2)c(F)c1. The van der Waals surface area contributed by atoms with Crippen LogP contribution in [0.2, 0.25) is 0 Å². The molecule has 0 fully saturated rings. The van der Waals surface area contributed by atoms with Crippen LogP contribution in [0.3, 0.4) is 0 Å². The van der Waals surface area contributed by atoms with Gasteiger partial charge in [0.15, 0.2) is 4.96 Å². The molecule has 0 saturated carbocycles. The molecule has 1 N–H and O–H groups in total. The Morgan fingerprint density at radius 2 is 1.86 bits per heavy atom. The van der Waals surface area contributed by atoms with Crippen LogP contribution in [0, 0.1) is 17.5 Å². The van der Waals surface area contributed by atoms with E-state index in [1.54, 1.807) is 9.78 Å². The summed E-state index contributed by atoms with van der Waals surface area (Å²) in [5, 5.41) is 4.80. The number of methoxy groups -OCH3 is 1. The number of nitrogens with one attached hydrogen (secondary N) is 1. The second-order valence-electron chi connectivity index (χ2n) is 6.12. The van der Waals surface area contributed by atoms with E-state index in [2.05, 4.69) is 10.3 Å². The van der Waals surface area contributed by atoms with Crippen LogP contribution in [-0.4, -0.2) is 22.8 Å². The molecule has 0 aliphatic rings. The topological polar surface area (TPSA) is 55.6 Å². The van der Waals surface area contributed by atoms with Crippen LogP contribution in [0.4, 0.5) is 24.7 Å². The lowest BCUT2D eigenvalue weighted by molar-refractivity contribution is -0.107. The molecule has 2 heterocycles. The van der Waals surface area contributed by atoms with Gasteiger partial charge in [0.1, 0.15) is 41.0 Å².